The highest BCUT2D eigenvalue weighted by Crippen LogP contribution is 2.43. The van der Waals surface area contributed by atoms with Gasteiger partial charge in [0.25, 0.3) is 0 Å². The lowest BCUT2D eigenvalue weighted by molar-refractivity contribution is -0.870. The summed E-state index contributed by atoms with van der Waals surface area (Å²) in [6.07, 6.45) is 74.1. The third-order valence-electron chi connectivity index (χ3n) is 15.5. The van der Waals surface area contributed by atoms with Crippen LogP contribution < -0.4 is 5.32 Å². The van der Waals surface area contributed by atoms with Crippen LogP contribution in [0.25, 0.3) is 0 Å². The Bertz CT molecular complexity index is 1270. The molecule has 0 rings (SSSR count). The first kappa shape index (κ1) is 74.0. The molecule has 0 saturated heterocycles. The van der Waals surface area contributed by atoms with E-state index < -0.39 is 20.0 Å². The number of aliphatic hydroxyl groups excluding tert-OH is 1. The second-order valence-corrected chi connectivity index (χ2v) is 25.7. The van der Waals surface area contributed by atoms with Gasteiger partial charge in [0.05, 0.1) is 39.9 Å². The van der Waals surface area contributed by atoms with Gasteiger partial charge in [0.1, 0.15) is 13.2 Å². The number of phosphoric ester groups is 1. The molecule has 0 aromatic carbocycles. The van der Waals surface area contributed by atoms with Crippen LogP contribution in [0.4, 0.5) is 0 Å². The van der Waals surface area contributed by atoms with Crippen molar-refractivity contribution in [3.63, 3.8) is 0 Å². The molecule has 0 aromatic rings. The minimum Gasteiger partial charge on any atom is -0.391 e. The van der Waals surface area contributed by atoms with Gasteiger partial charge in [0.15, 0.2) is 0 Å². The van der Waals surface area contributed by atoms with Crippen LogP contribution in [0.15, 0.2) is 24.3 Å². The average Bonchev–Trinajstić information content (AvgIpc) is 3.37. The third-order valence-corrected chi connectivity index (χ3v) is 16.4. The van der Waals surface area contributed by atoms with Crippen LogP contribution in [0, 0.1) is 0 Å². The van der Waals surface area contributed by atoms with Gasteiger partial charge in [-0.3, -0.25) is 13.8 Å². The van der Waals surface area contributed by atoms with Gasteiger partial charge in [-0.05, 0) is 44.9 Å². The number of nitrogens with one attached hydrogen (secondary N) is 1. The SMILES string of the molecule is CCCCCCC/C=C\C/C=C\CCCCCCCCCCCCCC(=O)NC(COP(=O)(O)OCC[N+](C)(C)C)C(O)CCCCCCCCCCCCCCCCCCCCCCCCCCCCCCCC. The second kappa shape index (κ2) is 57.7. The number of hydrogen-bond acceptors (Lipinski definition) is 5. The number of likely N-dealkylation sites (N-methyl/N-ethyl adjacent to an activating group) is 1. The van der Waals surface area contributed by atoms with E-state index in [9.17, 15) is 19.4 Å². The number of nitrogens with zero attached hydrogens (tertiary/aromatic N) is 1. The molecule has 0 aliphatic carbocycles. The maximum atomic E-state index is 13.0. The van der Waals surface area contributed by atoms with E-state index in [0.29, 0.717) is 23.9 Å². The molecule has 9 heteroatoms. The number of quaternary nitrogens is 1. The molecule has 0 fully saturated rings. The van der Waals surface area contributed by atoms with Gasteiger partial charge >= 0.3 is 7.82 Å². The van der Waals surface area contributed by atoms with Crippen molar-refractivity contribution in [1.29, 1.82) is 0 Å². The molecule has 8 nitrogen and oxygen atoms in total. The normalized spacial score (nSPS) is 13.9. The Morgan fingerprint density at radius 1 is 0.453 bits per heavy atom. The summed E-state index contributed by atoms with van der Waals surface area (Å²) in [4.78, 5) is 23.4. The number of carbonyl (C=O) groups excluding carboxylic acids is 1. The van der Waals surface area contributed by atoms with Crippen LogP contribution in [0.1, 0.15) is 341 Å². The highest BCUT2D eigenvalue weighted by atomic mass is 31.2. The van der Waals surface area contributed by atoms with Crippen molar-refractivity contribution in [2.24, 2.45) is 0 Å². The van der Waals surface area contributed by atoms with Gasteiger partial charge in [-0.15, -0.1) is 0 Å². The number of allylic oxidation sites excluding steroid dienone is 4. The van der Waals surface area contributed by atoms with Gasteiger partial charge in [-0.1, -0.05) is 314 Å². The number of amides is 1. The van der Waals surface area contributed by atoms with Crippen molar-refractivity contribution < 1.29 is 32.9 Å². The van der Waals surface area contributed by atoms with E-state index in [1.54, 1.807) is 0 Å². The highest BCUT2D eigenvalue weighted by molar-refractivity contribution is 7.47. The Kier molecular flexibility index (Phi) is 56.9. The van der Waals surface area contributed by atoms with E-state index in [2.05, 4.69) is 43.5 Å². The van der Waals surface area contributed by atoms with E-state index in [1.807, 2.05) is 21.1 Å². The fraction of sp³-hybridized carbons (Fsp3) is 0.924. The summed E-state index contributed by atoms with van der Waals surface area (Å²) in [5.41, 5.74) is 0. The zero-order valence-electron chi connectivity index (χ0n) is 51.1. The van der Waals surface area contributed by atoms with Crippen molar-refractivity contribution in [2.75, 3.05) is 40.9 Å². The average molecular weight is 1080 g/mol. The maximum absolute atomic E-state index is 13.0. The highest BCUT2D eigenvalue weighted by Gasteiger charge is 2.28. The van der Waals surface area contributed by atoms with Crippen molar-refractivity contribution in [3.05, 3.63) is 24.3 Å². The summed E-state index contributed by atoms with van der Waals surface area (Å²) in [5, 5.41) is 14.1. The molecule has 1 amide bonds. The fourth-order valence-corrected chi connectivity index (χ4v) is 11.0. The molecule has 0 spiro atoms. The molecular formula is C66H132N2O6P+. The number of hydrogen-bond donors (Lipinski definition) is 3. The fourth-order valence-electron chi connectivity index (χ4n) is 10.3. The Balaban J connectivity index is 4.04. The molecule has 75 heavy (non-hydrogen) atoms. The quantitative estimate of drug-likeness (QED) is 0.0243. The van der Waals surface area contributed by atoms with Gasteiger partial charge in [-0.2, -0.15) is 0 Å². The van der Waals surface area contributed by atoms with Crippen LogP contribution in [0.5, 0.6) is 0 Å². The number of carbonyl (C=O) groups is 1. The molecule has 0 bridgehead atoms. The minimum absolute atomic E-state index is 0.0759. The first-order chi connectivity index (χ1) is 36.5. The topological polar surface area (TPSA) is 105 Å². The molecule has 0 aromatic heterocycles. The Labute approximate surface area is 468 Å². The summed E-state index contributed by atoms with van der Waals surface area (Å²) in [5.74, 6) is -0.141. The summed E-state index contributed by atoms with van der Waals surface area (Å²) in [6, 6.07) is -0.762. The Morgan fingerprint density at radius 2 is 0.760 bits per heavy atom. The first-order valence-electron chi connectivity index (χ1n) is 33.2. The van der Waals surface area contributed by atoms with Crippen LogP contribution in [0.3, 0.4) is 0 Å². The van der Waals surface area contributed by atoms with Crippen LogP contribution in [-0.4, -0.2) is 73.4 Å². The van der Waals surface area contributed by atoms with Crippen molar-refractivity contribution in [1.82, 2.24) is 5.32 Å². The smallest absolute Gasteiger partial charge is 0.391 e. The molecule has 0 saturated carbocycles. The zero-order valence-corrected chi connectivity index (χ0v) is 52.0. The molecule has 3 unspecified atom stereocenters. The van der Waals surface area contributed by atoms with Crippen LogP contribution in [-0.2, 0) is 18.4 Å². The second-order valence-electron chi connectivity index (χ2n) is 24.2. The van der Waals surface area contributed by atoms with E-state index in [-0.39, 0.29) is 19.1 Å². The lowest BCUT2D eigenvalue weighted by Crippen LogP contribution is -2.46. The summed E-state index contributed by atoms with van der Waals surface area (Å²) < 4.78 is 23.9. The van der Waals surface area contributed by atoms with Gasteiger partial charge < -0.3 is 19.8 Å². The lowest BCUT2D eigenvalue weighted by atomic mass is 10.0. The molecule has 0 radical (unpaired) electrons. The van der Waals surface area contributed by atoms with Gasteiger partial charge in [0, 0.05) is 6.42 Å². The molecule has 0 aliphatic heterocycles. The predicted molar refractivity (Wildman–Crippen MR) is 328 cm³/mol. The standard InChI is InChI=1S/C66H131N2O6P/c1-6-8-10-12-14-16-18-20-22-24-26-28-30-31-32-33-34-35-36-38-39-41-43-45-47-49-51-53-55-57-59-65(69)64(63-74-75(71,72)73-62-61-68(3,4)5)67-66(70)60-58-56-54-52-50-48-46-44-42-40-37-29-27-25-23-21-19-17-15-13-11-9-7-2/h19,21,25,27,64-65,69H,6-18,20,22-24,26,28-63H2,1-5H3,(H-,67,70,71,72)/p+1/b21-19-,27-25-. The maximum Gasteiger partial charge on any atom is 0.472 e. The summed E-state index contributed by atoms with van der Waals surface area (Å²) in [7, 11) is 1.63. The number of rotatable bonds is 62. The van der Waals surface area contributed by atoms with Gasteiger partial charge in [0.2, 0.25) is 5.91 Å². The van der Waals surface area contributed by atoms with Crippen LogP contribution >= 0.6 is 7.82 Å². The van der Waals surface area contributed by atoms with Crippen molar-refractivity contribution >= 4 is 13.7 Å². The number of phosphoric acid groups is 1. The van der Waals surface area contributed by atoms with E-state index in [1.165, 1.54) is 270 Å². The van der Waals surface area contributed by atoms with E-state index in [0.717, 1.165) is 44.9 Å². The van der Waals surface area contributed by atoms with Gasteiger partial charge in [-0.25, -0.2) is 4.57 Å². The molecule has 0 heterocycles. The minimum atomic E-state index is -4.33. The molecule has 0 aliphatic rings. The lowest BCUT2D eigenvalue weighted by Gasteiger charge is -2.26. The Hall–Kier alpha value is -1.02. The molecule has 446 valence electrons. The number of unbranched alkanes of at least 4 members (excludes halogenated alkanes) is 45. The van der Waals surface area contributed by atoms with Crippen LogP contribution in [0.2, 0.25) is 0 Å². The van der Waals surface area contributed by atoms with E-state index >= 15 is 0 Å². The van der Waals surface area contributed by atoms with Crippen molar-refractivity contribution in [2.45, 2.75) is 353 Å². The Morgan fingerprint density at radius 3 is 1.09 bits per heavy atom. The summed E-state index contributed by atoms with van der Waals surface area (Å²) >= 11 is 0. The predicted octanol–water partition coefficient (Wildman–Crippen LogP) is 20.7. The van der Waals surface area contributed by atoms with Crippen molar-refractivity contribution in [3.8, 4) is 0 Å². The first-order valence-corrected chi connectivity index (χ1v) is 34.7. The third kappa shape index (κ3) is 60.5. The monoisotopic (exact) mass is 1080 g/mol. The number of aliphatic hydroxyl groups is 1. The van der Waals surface area contributed by atoms with E-state index in [4.69, 9.17) is 9.05 Å². The largest absolute Gasteiger partial charge is 0.472 e. The summed E-state index contributed by atoms with van der Waals surface area (Å²) in [6.45, 7) is 4.93. The molecule has 3 N–H and O–H groups in total. The molecule has 3 atom stereocenters. The molecular weight excluding hydrogens is 948 g/mol. The zero-order chi connectivity index (χ0) is 54.9.